The van der Waals surface area contributed by atoms with Crippen LogP contribution in [0.15, 0.2) is 0 Å². The van der Waals surface area contributed by atoms with Crippen molar-refractivity contribution in [3.63, 3.8) is 0 Å². The predicted molar refractivity (Wildman–Crippen MR) is 67.2 cm³/mol. The van der Waals surface area contributed by atoms with Crippen molar-refractivity contribution in [2.24, 2.45) is 17.1 Å². The number of aliphatic hydroxyl groups is 1. The van der Waals surface area contributed by atoms with Gasteiger partial charge in [-0.05, 0) is 31.6 Å². The second kappa shape index (κ2) is 4.66. The molecule has 2 rings (SSSR count). The van der Waals surface area contributed by atoms with E-state index in [1.165, 1.54) is 32.1 Å². The Morgan fingerprint density at radius 3 is 2.38 bits per heavy atom. The number of rotatable bonds is 2. The first kappa shape index (κ1) is 12.4. The van der Waals surface area contributed by atoms with Crippen LogP contribution in [-0.2, 0) is 0 Å². The van der Waals surface area contributed by atoms with Crippen LogP contribution in [0.2, 0.25) is 0 Å². The van der Waals surface area contributed by atoms with Gasteiger partial charge in [0.2, 0.25) is 0 Å². The standard InChI is InChI=1S/C14H27NO/c1-12-6-5-9-14(16,10-12)13(11-15)7-3-2-4-8-13/h12,16H,2-11,15H2,1H3. The Morgan fingerprint density at radius 2 is 1.81 bits per heavy atom. The van der Waals surface area contributed by atoms with Gasteiger partial charge in [0.05, 0.1) is 5.60 Å². The van der Waals surface area contributed by atoms with Gasteiger partial charge in [-0.3, -0.25) is 0 Å². The summed E-state index contributed by atoms with van der Waals surface area (Å²) < 4.78 is 0. The van der Waals surface area contributed by atoms with Crippen LogP contribution in [0.5, 0.6) is 0 Å². The zero-order chi connectivity index (χ0) is 11.6. The average Bonchev–Trinajstić information content (AvgIpc) is 2.29. The molecule has 2 unspecified atom stereocenters. The van der Waals surface area contributed by atoms with E-state index in [1.807, 2.05) is 0 Å². The molecule has 0 spiro atoms. The summed E-state index contributed by atoms with van der Waals surface area (Å²) in [6.45, 7) is 2.95. The molecule has 0 heterocycles. The van der Waals surface area contributed by atoms with Crippen molar-refractivity contribution in [2.75, 3.05) is 6.54 Å². The Balaban J connectivity index is 2.17. The minimum Gasteiger partial charge on any atom is -0.389 e. The van der Waals surface area contributed by atoms with Gasteiger partial charge in [-0.15, -0.1) is 0 Å². The maximum absolute atomic E-state index is 11.0. The summed E-state index contributed by atoms with van der Waals surface area (Å²) >= 11 is 0. The summed E-state index contributed by atoms with van der Waals surface area (Å²) in [5.41, 5.74) is 5.62. The molecule has 3 N–H and O–H groups in total. The van der Waals surface area contributed by atoms with Gasteiger partial charge in [0.15, 0.2) is 0 Å². The third kappa shape index (κ3) is 2.02. The lowest BCUT2D eigenvalue weighted by atomic mass is 9.57. The molecule has 2 atom stereocenters. The lowest BCUT2D eigenvalue weighted by Gasteiger charge is -2.52. The Hall–Kier alpha value is -0.0800. The summed E-state index contributed by atoms with van der Waals surface area (Å²) in [4.78, 5) is 0. The lowest BCUT2D eigenvalue weighted by molar-refractivity contribution is -0.131. The Morgan fingerprint density at radius 1 is 1.12 bits per heavy atom. The molecule has 0 radical (unpaired) electrons. The molecular weight excluding hydrogens is 198 g/mol. The van der Waals surface area contributed by atoms with E-state index in [0.717, 1.165) is 25.7 Å². The molecule has 2 saturated carbocycles. The lowest BCUT2D eigenvalue weighted by Crippen LogP contribution is -2.55. The van der Waals surface area contributed by atoms with Gasteiger partial charge < -0.3 is 10.8 Å². The van der Waals surface area contributed by atoms with Gasteiger partial charge in [-0.25, -0.2) is 0 Å². The maximum atomic E-state index is 11.0. The summed E-state index contributed by atoms with van der Waals surface area (Å²) in [6, 6.07) is 0. The first-order valence-corrected chi connectivity index (χ1v) is 7.04. The second-order valence-corrected chi connectivity index (χ2v) is 6.28. The van der Waals surface area contributed by atoms with E-state index in [4.69, 9.17) is 5.73 Å². The summed E-state index contributed by atoms with van der Waals surface area (Å²) in [5, 5.41) is 11.0. The van der Waals surface area contributed by atoms with Crippen molar-refractivity contribution in [2.45, 2.75) is 70.3 Å². The summed E-state index contributed by atoms with van der Waals surface area (Å²) in [5.74, 6) is 0.670. The first-order chi connectivity index (χ1) is 7.62. The number of hydrogen-bond acceptors (Lipinski definition) is 2. The van der Waals surface area contributed by atoms with E-state index >= 15 is 0 Å². The van der Waals surface area contributed by atoms with Crippen LogP contribution in [0.25, 0.3) is 0 Å². The monoisotopic (exact) mass is 225 g/mol. The zero-order valence-electron chi connectivity index (χ0n) is 10.7. The first-order valence-electron chi connectivity index (χ1n) is 7.04. The molecule has 2 heteroatoms. The SMILES string of the molecule is CC1CCCC(O)(C2(CN)CCCCC2)C1. The molecule has 0 aromatic carbocycles. The van der Waals surface area contributed by atoms with Crippen molar-refractivity contribution >= 4 is 0 Å². The van der Waals surface area contributed by atoms with Gasteiger partial charge >= 0.3 is 0 Å². The van der Waals surface area contributed by atoms with Crippen LogP contribution in [0.1, 0.15) is 64.7 Å². The van der Waals surface area contributed by atoms with Crippen LogP contribution < -0.4 is 5.73 Å². The van der Waals surface area contributed by atoms with Crippen molar-refractivity contribution in [1.29, 1.82) is 0 Å². The molecule has 2 aliphatic carbocycles. The fourth-order valence-electron chi connectivity index (χ4n) is 4.09. The van der Waals surface area contributed by atoms with E-state index in [1.54, 1.807) is 0 Å². The highest BCUT2D eigenvalue weighted by atomic mass is 16.3. The van der Waals surface area contributed by atoms with Crippen molar-refractivity contribution in [3.05, 3.63) is 0 Å². The van der Waals surface area contributed by atoms with E-state index in [0.29, 0.717) is 12.5 Å². The molecule has 0 bridgehead atoms. The van der Waals surface area contributed by atoms with Crippen molar-refractivity contribution in [3.8, 4) is 0 Å². The van der Waals surface area contributed by atoms with E-state index < -0.39 is 5.60 Å². The molecule has 94 valence electrons. The van der Waals surface area contributed by atoms with E-state index in [2.05, 4.69) is 6.92 Å². The maximum Gasteiger partial charge on any atom is 0.0718 e. The molecule has 0 saturated heterocycles. The van der Waals surface area contributed by atoms with Crippen LogP contribution in [0.4, 0.5) is 0 Å². The molecule has 2 aliphatic rings. The third-order valence-corrected chi connectivity index (χ3v) is 5.16. The molecule has 2 fully saturated rings. The Bertz CT molecular complexity index is 235. The fourth-order valence-corrected chi connectivity index (χ4v) is 4.09. The Labute approximate surface area is 99.6 Å². The van der Waals surface area contributed by atoms with Crippen LogP contribution in [0.3, 0.4) is 0 Å². The highest BCUT2D eigenvalue weighted by Gasteiger charge is 2.50. The molecule has 0 aliphatic heterocycles. The predicted octanol–water partition coefficient (Wildman–Crippen LogP) is 2.84. The van der Waals surface area contributed by atoms with E-state index in [9.17, 15) is 5.11 Å². The fraction of sp³-hybridized carbons (Fsp3) is 1.00. The van der Waals surface area contributed by atoms with Gasteiger partial charge in [-0.2, -0.15) is 0 Å². The van der Waals surface area contributed by atoms with E-state index in [-0.39, 0.29) is 5.41 Å². The third-order valence-electron chi connectivity index (χ3n) is 5.16. The zero-order valence-corrected chi connectivity index (χ0v) is 10.7. The van der Waals surface area contributed by atoms with Crippen LogP contribution in [-0.4, -0.2) is 17.3 Å². The second-order valence-electron chi connectivity index (χ2n) is 6.28. The van der Waals surface area contributed by atoms with Crippen LogP contribution >= 0.6 is 0 Å². The molecule has 2 nitrogen and oxygen atoms in total. The van der Waals surface area contributed by atoms with Gasteiger partial charge in [0.1, 0.15) is 0 Å². The van der Waals surface area contributed by atoms with Crippen LogP contribution in [0, 0.1) is 11.3 Å². The average molecular weight is 225 g/mol. The quantitative estimate of drug-likeness (QED) is 0.759. The number of hydrogen-bond donors (Lipinski definition) is 2. The largest absolute Gasteiger partial charge is 0.389 e. The summed E-state index contributed by atoms with van der Waals surface area (Å²) in [6.07, 6.45) is 10.6. The molecule has 16 heavy (non-hydrogen) atoms. The molecule has 0 aromatic rings. The highest BCUT2D eigenvalue weighted by Crippen LogP contribution is 2.51. The smallest absolute Gasteiger partial charge is 0.0718 e. The van der Waals surface area contributed by atoms with Crippen molar-refractivity contribution < 1.29 is 5.11 Å². The molecule has 0 aromatic heterocycles. The van der Waals surface area contributed by atoms with Crippen molar-refractivity contribution in [1.82, 2.24) is 0 Å². The Kier molecular flexibility index (Phi) is 3.60. The summed E-state index contributed by atoms with van der Waals surface area (Å²) in [7, 11) is 0. The molecule has 0 amide bonds. The van der Waals surface area contributed by atoms with Gasteiger partial charge in [0, 0.05) is 12.0 Å². The highest BCUT2D eigenvalue weighted by molar-refractivity contribution is 5.03. The minimum absolute atomic E-state index is 0.0416. The van der Waals surface area contributed by atoms with Gasteiger partial charge in [0.25, 0.3) is 0 Å². The topological polar surface area (TPSA) is 46.2 Å². The minimum atomic E-state index is -0.458. The normalized spacial score (nSPS) is 39.6. The molecular formula is C14H27NO. The number of nitrogens with two attached hydrogens (primary N) is 1. The van der Waals surface area contributed by atoms with Gasteiger partial charge in [-0.1, -0.05) is 39.0 Å².